The number of piperidine rings is 1. The highest BCUT2D eigenvalue weighted by Crippen LogP contribution is 2.32. The van der Waals surface area contributed by atoms with Crippen LogP contribution in [0.25, 0.3) is 0 Å². The highest BCUT2D eigenvalue weighted by molar-refractivity contribution is 4.86. The van der Waals surface area contributed by atoms with Crippen LogP contribution in [0.2, 0.25) is 0 Å². The molecule has 1 saturated heterocycles. The highest BCUT2D eigenvalue weighted by atomic mass is 15.2. The van der Waals surface area contributed by atoms with E-state index in [1.165, 1.54) is 77.4 Å². The SMILES string of the molecule is CCC1CCCC(N2CCC(CNC3CC3)CC2)C1. The zero-order chi connectivity index (χ0) is 13.1. The van der Waals surface area contributed by atoms with Crippen LogP contribution in [0.5, 0.6) is 0 Å². The smallest absolute Gasteiger partial charge is 0.00978 e. The Morgan fingerprint density at radius 2 is 1.74 bits per heavy atom. The summed E-state index contributed by atoms with van der Waals surface area (Å²) in [6, 6.07) is 1.82. The molecule has 0 radical (unpaired) electrons. The third-order valence-electron chi connectivity index (χ3n) is 5.77. The zero-order valence-electron chi connectivity index (χ0n) is 12.7. The van der Waals surface area contributed by atoms with Crippen molar-refractivity contribution in [3.8, 4) is 0 Å². The Labute approximate surface area is 119 Å². The van der Waals surface area contributed by atoms with Gasteiger partial charge in [-0.1, -0.05) is 26.2 Å². The molecule has 2 saturated carbocycles. The van der Waals surface area contributed by atoms with Gasteiger partial charge >= 0.3 is 0 Å². The molecule has 2 heteroatoms. The van der Waals surface area contributed by atoms with Gasteiger partial charge in [0.1, 0.15) is 0 Å². The summed E-state index contributed by atoms with van der Waals surface area (Å²) in [5.41, 5.74) is 0. The van der Waals surface area contributed by atoms with Gasteiger partial charge in [0.25, 0.3) is 0 Å². The van der Waals surface area contributed by atoms with E-state index in [1.807, 2.05) is 0 Å². The fourth-order valence-electron chi connectivity index (χ4n) is 4.11. The molecule has 0 bridgehead atoms. The molecule has 0 aromatic rings. The van der Waals surface area contributed by atoms with Gasteiger partial charge in [0.15, 0.2) is 0 Å². The third-order valence-corrected chi connectivity index (χ3v) is 5.77. The standard InChI is InChI=1S/C17H32N2/c1-2-14-4-3-5-17(12-14)19-10-8-15(9-11-19)13-18-16-6-7-16/h14-18H,2-13H2,1H3. The van der Waals surface area contributed by atoms with Gasteiger partial charge in [0.2, 0.25) is 0 Å². The van der Waals surface area contributed by atoms with E-state index in [-0.39, 0.29) is 0 Å². The van der Waals surface area contributed by atoms with Gasteiger partial charge in [-0.3, -0.25) is 0 Å². The number of nitrogens with zero attached hydrogens (tertiary/aromatic N) is 1. The van der Waals surface area contributed by atoms with E-state index in [1.54, 1.807) is 0 Å². The molecule has 2 atom stereocenters. The predicted molar refractivity (Wildman–Crippen MR) is 81.4 cm³/mol. The van der Waals surface area contributed by atoms with Gasteiger partial charge < -0.3 is 10.2 Å². The summed E-state index contributed by atoms with van der Waals surface area (Å²) >= 11 is 0. The first-order valence-electron chi connectivity index (χ1n) is 8.82. The normalized spacial score (nSPS) is 34.6. The molecule has 0 spiro atoms. The second-order valence-electron chi connectivity index (χ2n) is 7.26. The molecule has 110 valence electrons. The van der Waals surface area contributed by atoms with Crippen LogP contribution in [-0.2, 0) is 0 Å². The Kier molecular flexibility index (Phi) is 4.81. The minimum Gasteiger partial charge on any atom is -0.314 e. The molecule has 0 aromatic heterocycles. The Morgan fingerprint density at radius 3 is 2.42 bits per heavy atom. The predicted octanol–water partition coefficient (Wildman–Crippen LogP) is 3.42. The minimum atomic E-state index is 0.890. The van der Waals surface area contributed by atoms with Crippen molar-refractivity contribution < 1.29 is 0 Å². The lowest BCUT2D eigenvalue weighted by atomic mass is 9.82. The fourth-order valence-corrected chi connectivity index (χ4v) is 4.11. The lowest BCUT2D eigenvalue weighted by Gasteiger charge is -2.41. The monoisotopic (exact) mass is 264 g/mol. The molecular formula is C17H32N2. The minimum absolute atomic E-state index is 0.890. The summed E-state index contributed by atoms with van der Waals surface area (Å²) in [5.74, 6) is 1.98. The molecule has 2 unspecified atom stereocenters. The van der Waals surface area contributed by atoms with Crippen LogP contribution >= 0.6 is 0 Å². The molecule has 0 amide bonds. The Balaban J connectivity index is 1.38. The number of hydrogen-bond donors (Lipinski definition) is 1. The van der Waals surface area contributed by atoms with Gasteiger partial charge in [-0.05, 0) is 70.0 Å². The van der Waals surface area contributed by atoms with Crippen LogP contribution < -0.4 is 5.32 Å². The molecule has 2 aliphatic carbocycles. The lowest BCUT2D eigenvalue weighted by Crippen LogP contribution is -2.45. The Morgan fingerprint density at radius 1 is 0.947 bits per heavy atom. The molecule has 0 aromatic carbocycles. The van der Waals surface area contributed by atoms with Gasteiger partial charge in [-0.15, -0.1) is 0 Å². The topological polar surface area (TPSA) is 15.3 Å². The second-order valence-corrected chi connectivity index (χ2v) is 7.26. The van der Waals surface area contributed by atoms with Crippen molar-refractivity contribution in [1.29, 1.82) is 0 Å². The quantitative estimate of drug-likeness (QED) is 0.818. The van der Waals surface area contributed by atoms with Crippen molar-refractivity contribution in [1.82, 2.24) is 10.2 Å². The van der Waals surface area contributed by atoms with Gasteiger partial charge in [-0.25, -0.2) is 0 Å². The Bertz CT molecular complexity index is 266. The maximum absolute atomic E-state index is 3.72. The van der Waals surface area contributed by atoms with Crippen molar-refractivity contribution >= 4 is 0 Å². The first kappa shape index (κ1) is 13.9. The zero-order valence-corrected chi connectivity index (χ0v) is 12.7. The molecule has 3 aliphatic rings. The van der Waals surface area contributed by atoms with E-state index < -0.39 is 0 Å². The van der Waals surface area contributed by atoms with E-state index in [0.29, 0.717) is 0 Å². The summed E-state index contributed by atoms with van der Waals surface area (Å²) in [7, 11) is 0. The molecular weight excluding hydrogens is 232 g/mol. The van der Waals surface area contributed by atoms with Gasteiger partial charge in [0, 0.05) is 12.1 Å². The number of hydrogen-bond acceptors (Lipinski definition) is 2. The van der Waals surface area contributed by atoms with Crippen molar-refractivity contribution in [2.75, 3.05) is 19.6 Å². The van der Waals surface area contributed by atoms with Gasteiger partial charge in [0.05, 0.1) is 0 Å². The van der Waals surface area contributed by atoms with Crippen LogP contribution in [0, 0.1) is 11.8 Å². The molecule has 1 aliphatic heterocycles. The Hall–Kier alpha value is -0.0800. The summed E-state index contributed by atoms with van der Waals surface area (Å²) in [6.07, 6.45) is 13.1. The van der Waals surface area contributed by atoms with Crippen molar-refractivity contribution in [3.63, 3.8) is 0 Å². The van der Waals surface area contributed by atoms with E-state index in [9.17, 15) is 0 Å². The molecule has 3 rings (SSSR count). The van der Waals surface area contributed by atoms with Crippen molar-refractivity contribution in [3.05, 3.63) is 0 Å². The van der Waals surface area contributed by atoms with E-state index in [2.05, 4.69) is 17.1 Å². The summed E-state index contributed by atoms with van der Waals surface area (Å²) < 4.78 is 0. The second kappa shape index (κ2) is 6.58. The van der Waals surface area contributed by atoms with Crippen molar-refractivity contribution in [2.45, 2.75) is 76.8 Å². The molecule has 2 nitrogen and oxygen atoms in total. The highest BCUT2D eigenvalue weighted by Gasteiger charge is 2.29. The third kappa shape index (κ3) is 3.95. The first-order chi connectivity index (χ1) is 9.35. The van der Waals surface area contributed by atoms with Crippen LogP contribution in [0.3, 0.4) is 0 Å². The van der Waals surface area contributed by atoms with Crippen LogP contribution in [-0.4, -0.2) is 36.6 Å². The van der Waals surface area contributed by atoms with Crippen LogP contribution in [0.1, 0.15) is 64.7 Å². The van der Waals surface area contributed by atoms with Crippen molar-refractivity contribution in [2.24, 2.45) is 11.8 Å². The average molecular weight is 264 g/mol. The van der Waals surface area contributed by atoms with E-state index >= 15 is 0 Å². The van der Waals surface area contributed by atoms with Crippen LogP contribution in [0.15, 0.2) is 0 Å². The average Bonchev–Trinajstić information content (AvgIpc) is 3.30. The first-order valence-corrected chi connectivity index (χ1v) is 8.82. The molecule has 1 N–H and O–H groups in total. The summed E-state index contributed by atoms with van der Waals surface area (Å²) in [4.78, 5) is 2.83. The summed E-state index contributed by atoms with van der Waals surface area (Å²) in [5, 5.41) is 3.72. The maximum atomic E-state index is 3.72. The number of likely N-dealkylation sites (tertiary alicyclic amines) is 1. The van der Waals surface area contributed by atoms with E-state index in [4.69, 9.17) is 0 Å². The number of nitrogens with one attached hydrogen (secondary N) is 1. The maximum Gasteiger partial charge on any atom is 0.00978 e. The van der Waals surface area contributed by atoms with Crippen LogP contribution in [0.4, 0.5) is 0 Å². The van der Waals surface area contributed by atoms with E-state index in [0.717, 1.165) is 23.9 Å². The molecule has 3 fully saturated rings. The van der Waals surface area contributed by atoms with Gasteiger partial charge in [-0.2, -0.15) is 0 Å². The molecule has 1 heterocycles. The fraction of sp³-hybridized carbons (Fsp3) is 1.00. The summed E-state index contributed by atoms with van der Waals surface area (Å²) in [6.45, 7) is 6.42. The lowest BCUT2D eigenvalue weighted by molar-refractivity contribution is 0.0884. The largest absolute Gasteiger partial charge is 0.314 e. The number of rotatable bonds is 5. The molecule has 19 heavy (non-hydrogen) atoms.